The normalized spacial score (nSPS) is 21.2. The Morgan fingerprint density at radius 2 is 1.81 bits per heavy atom. The van der Waals surface area contributed by atoms with Gasteiger partial charge in [0.2, 0.25) is 0 Å². The number of amides is 1. The lowest BCUT2D eigenvalue weighted by molar-refractivity contribution is -0.137. The number of hydrogen-bond donors (Lipinski definition) is 0. The van der Waals surface area contributed by atoms with Gasteiger partial charge in [0.25, 0.3) is 0 Å². The molecule has 0 spiro atoms. The van der Waals surface area contributed by atoms with Crippen molar-refractivity contribution < 1.29 is 31.8 Å². The predicted molar refractivity (Wildman–Crippen MR) is 189 cm³/mol. The van der Waals surface area contributed by atoms with E-state index in [2.05, 4.69) is 15.2 Å². The Labute approximate surface area is 301 Å². The van der Waals surface area contributed by atoms with Crippen molar-refractivity contribution in [2.24, 2.45) is 0 Å². The van der Waals surface area contributed by atoms with Crippen LogP contribution in [0.5, 0.6) is 0 Å². The molecule has 3 aliphatic rings. The van der Waals surface area contributed by atoms with E-state index in [0.29, 0.717) is 59.3 Å². The number of carbonyl (C=O) groups is 1. The molecular weight excluding hydrogens is 701 g/mol. The van der Waals surface area contributed by atoms with Crippen molar-refractivity contribution in [3.63, 3.8) is 0 Å². The number of thioether (sulfide) groups is 1. The minimum Gasteiger partial charge on any atom is -0.444 e. The van der Waals surface area contributed by atoms with Crippen molar-refractivity contribution in [1.82, 2.24) is 34.3 Å². The number of halogens is 4. The SMILES string of the molecule is CCSc1nc(N2CC3CCC(C2)N3C(=O)OC(C)(C)C)c2c(n1)c(F)c(-c1c(C(F)(F)F)c(C)cc3c1cnn3C1CCCCO1)n1nccc21. The van der Waals surface area contributed by atoms with Gasteiger partial charge in [-0.05, 0) is 83.2 Å². The Morgan fingerprint density at radius 3 is 2.46 bits per heavy atom. The molecule has 5 aromatic rings. The molecule has 3 fully saturated rings. The van der Waals surface area contributed by atoms with Gasteiger partial charge < -0.3 is 14.4 Å². The summed E-state index contributed by atoms with van der Waals surface area (Å²) in [6.45, 7) is 10.2. The first-order chi connectivity index (χ1) is 24.7. The highest BCUT2D eigenvalue weighted by atomic mass is 32.2. The molecule has 2 bridgehead atoms. The Morgan fingerprint density at radius 1 is 1.06 bits per heavy atom. The monoisotopic (exact) mass is 740 g/mol. The highest BCUT2D eigenvalue weighted by molar-refractivity contribution is 7.99. The first-order valence-corrected chi connectivity index (χ1v) is 18.7. The molecule has 7 heterocycles. The van der Waals surface area contributed by atoms with Gasteiger partial charge in [0.15, 0.2) is 17.2 Å². The van der Waals surface area contributed by atoms with Gasteiger partial charge in [-0.2, -0.15) is 23.4 Å². The number of nitrogens with zero attached hydrogens (tertiary/aromatic N) is 8. The second kappa shape index (κ2) is 12.7. The summed E-state index contributed by atoms with van der Waals surface area (Å²) in [6.07, 6.45) is 1.14. The molecular formula is C36H40F4N8O3S. The van der Waals surface area contributed by atoms with Crippen LogP contribution in [-0.2, 0) is 15.7 Å². The molecule has 16 heteroatoms. The van der Waals surface area contributed by atoms with E-state index >= 15 is 17.6 Å². The molecule has 1 amide bonds. The third-order valence-electron chi connectivity index (χ3n) is 10.1. The third kappa shape index (κ3) is 5.81. The molecule has 0 N–H and O–H groups in total. The van der Waals surface area contributed by atoms with E-state index in [4.69, 9.17) is 14.5 Å². The third-order valence-corrected chi connectivity index (χ3v) is 10.8. The molecule has 4 aromatic heterocycles. The highest BCUT2D eigenvalue weighted by Gasteiger charge is 2.46. The van der Waals surface area contributed by atoms with Crippen LogP contribution >= 0.6 is 11.8 Å². The summed E-state index contributed by atoms with van der Waals surface area (Å²) in [7, 11) is 0. The second-order valence-electron chi connectivity index (χ2n) is 14.7. The largest absolute Gasteiger partial charge is 0.444 e. The number of piperazine rings is 1. The van der Waals surface area contributed by atoms with Crippen LogP contribution in [0.2, 0.25) is 0 Å². The number of carbonyl (C=O) groups excluding carboxylic acids is 1. The molecule has 52 heavy (non-hydrogen) atoms. The summed E-state index contributed by atoms with van der Waals surface area (Å²) >= 11 is 1.32. The summed E-state index contributed by atoms with van der Waals surface area (Å²) in [4.78, 5) is 26.6. The number of hydrogen-bond acceptors (Lipinski definition) is 9. The smallest absolute Gasteiger partial charge is 0.417 e. The molecule has 3 atom stereocenters. The van der Waals surface area contributed by atoms with Crippen molar-refractivity contribution in [2.75, 3.05) is 30.3 Å². The zero-order chi connectivity index (χ0) is 36.7. The van der Waals surface area contributed by atoms with Gasteiger partial charge in [-0.1, -0.05) is 18.7 Å². The van der Waals surface area contributed by atoms with Crippen molar-refractivity contribution in [1.29, 1.82) is 0 Å². The van der Waals surface area contributed by atoms with Crippen LogP contribution in [-0.4, -0.2) is 83.5 Å². The van der Waals surface area contributed by atoms with Crippen molar-refractivity contribution in [2.45, 2.75) is 102 Å². The molecule has 3 unspecified atom stereocenters. The fraction of sp³-hybridized carbons (Fsp3) is 0.528. The van der Waals surface area contributed by atoms with E-state index in [9.17, 15) is 4.79 Å². The summed E-state index contributed by atoms with van der Waals surface area (Å²) in [5.41, 5.74) is -1.73. The molecule has 276 valence electrons. The lowest BCUT2D eigenvalue weighted by atomic mass is 9.94. The van der Waals surface area contributed by atoms with Crippen molar-refractivity contribution in [3.8, 4) is 11.3 Å². The molecule has 3 aliphatic heterocycles. The van der Waals surface area contributed by atoms with Gasteiger partial charge in [0.05, 0.1) is 46.5 Å². The van der Waals surface area contributed by atoms with E-state index in [1.807, 2.05) is 32.6 Å². The molecule has 1 aromatic carbocycles. The summed E-state index contributed by atoms with van der Waals surface area (Å²) in [5.74, 6) is 0.0955. The van der Waals surface area contributed by atoms with Gasteiger partial charge in [-0.3, -0.25) is 4.90 Å². The maximum absolute atomic E-state index is 17.5. The Bertz CT molecular complexity index is 2190. The van der Waals surface area contributed by atoms with Crippen molar-refractivity contribution in [3.05, 3.63) is 41.5 Å². The Hall–Kier alpha value is -4.18. The fourth-order valence-electron chi connectivity index (χ4n) is 8.10. The van der Waals surface area contributed by atoms with Crippen LogP contribution in [0.4, 0.5) is 28.2 Å². The van der Waals surface area contributed by atoms with E-state index in [0.717, 1.165) is 25.7 Å². The van der Waals surface area contributed by atoms with Crippen LogP contribution in [0.15, 0.2) is 29.7 Å². The summed E-state index contributed by atoms with van der Waals surface area (Å²) < 4.78 is 77.4. The fourth-order valence-corrected chi connectivity index (χ4v) is 8.67. The Balaban J connectivity index is 1.34. The lowest BCUT2D eigenvalue weighted by Gasteiger charge is -2.42. The first-order valence-electron chi connectivity index (χ1n) is 17.7. The molecule has 0 saturated carbocycles. The minimum absolute atomic E-state index is 0.0729. The Kier molecular flexibility index (Phi) is 8.55. The zero-order valence-corrected chi connectivity index (χ0v) is 30.4. The highest BCUT2D eigenvalue weighted by Crippen LogP contribution is 2.47. The van der Waals surface area contributed by atoms with Gasteiger partial charge in [-0.15, -0.1) is 0 Å². The van der Waals surface area contributed by atoms with E-state index in [1.165, 1.54) is 41.7 Å². The number of benzene rings is 1. The standard InChI is InChI=1S/C36H40F4N8O3S/c1-6-52-33-43-30-27(32(44-33)45-17-20-10-11-21(18-45)46(20)34(49)51-35(3,4)5)23-12-13-41-48(23)31(29(30)37)26-22-16-42-47(25-9-7-8-14-50-25)24(22)15-19(2)28(26)36(38,39)40/h12-13,15-16,20-21,25H,6-11,14,17-18H2,1-5H3. The van der Waals surface area contributed by atoms with E-state index in [-0.39, 0.29) is 45.9 Å². The molecule has 0 radical (unpaired) electrons. The maximum Gasteiger partial charge on any atom is 0.417 e. The maximum atomic E-state index is 17.5. The molecule has 0 aliphatic carbocycles. The van der Waals surface area contributed by atoms with Gasteiger partial charge in [0, 0.05) is 30.6 Å². The number of alkyl halides is 3. The first kappa shape index (κ1) is 34.9. The number of fused-ring (bicyclic) bond motifs is 6. The van der Waals surface area contributed by atoms with Crippen LogP contribution in [0.1, 0.15) is 77.2 Å². The van der Waals surface area contributed by atoms with Gasteiger partial charge in [-0.25, -0.2) is 28.4 Å². The number of aryl methyl sites for hydroxylation is 1. The van der Waals surface area contributed by atoms with E-state index < -0.39 is 29.4 Å². The topological polar surface area (TPSA) is 103 Å². The lowest BCUT2D eigenvalue weighted by Crippen LogP contribution is -2.57. The van der Waals surface area contributed by atoms with Crippen LogP contribution < -0.4 is 4.90 Å². The van der Waals surface area contributed by atoms with Gasteiger partial charge in [0.1, 0.15) is 22.6 Å². The number of anilines is 1. The average Bonchev–Trinajstić information content (AvgIpc) is 3.79. The quantitative estimate of drug-likeness (QED) is 0.100. The van der Waals surface area contributed by atoms with Crippen molar-refractivity contribution >= 4 is 51.0 Å². The predicted octanol–water partition coefficient (Wildman–Crippen LogP) is 8.16. The molecule has 11 nitrogen and oxygen atoms in total. The number of aromatic nitrogens is 6. The summed E-state index contributed by atoms with van der Waals surface area (Å²) in [6, 6.07) is 2.78. The second-order valence-corrected chi connectivity index (χ2v) is 16.0. The van der Waals surface area contributed by atoms with E-state index in [1.54, 1.807) is 15.6 Å². The minimum atomic E-state index is -4.83. The number of rotatable bonds is 5. The average molecular weight is 741 g/mol. The zero-order valence-electron chi connectivity index (χ0n) is 29.6. The van der Waals surface area contributed by atoms with Crippen LogP contribution in [0, 0.1) is 12.7 Å². The van der Waals surface area contributed by atoms with Gasteiger partial charge >= 0.3 is 12.3 Å². The molecule has 3 saturated heterocycles. The number of ether oxygens (including phenoxy) is 2. The van der Waals surface area contributed by atoms with Crippen LogP contribution in [0.3, 0.4) is 0 Å². The summed E-state index contributed by atoms with van der Waals surface area (Å²) in [5, 5.41) is 9.70. The number of pyridine rings is 1. The van der Waals surface area contributed by atoms with Crippen LogP contribution in [0.25, 0.3) is 38.6 Å². The molecule has 8 rings (SSSR count).